The molecule has 1 aromatic heterocycles. The first-order chi connectivity index (χ1) is 7.74. The third kappa shape index (κ3) is 5.09. The minimum absolute atomic E-state index is 0.0383. The fourth-order valence-electron chi connectivity index (χ4n) is 1.13. The van der Waals surface area contributed by atoms with Gasteiger partial charge in [-0.05, 0) is 33.8 Å². The van der Waals surface area contributed by atoms with Crippen molar-refractivity contribution >= 4 is 33.2 Å². The van der Waals surface area contributed by atoms with Gasteiger partial charge in [0, 0.05) is 22.4 Å². The molecule has 1 N–H and O–H groups in total. The van der Waals surface area contributed by atoms with Crippen LogP contribution in [0.2, 0.25) is 0 Å². The van der Waals surface area contributed by atoms with Crippen LogP contribution in [0.25, 0.3) is 0 Å². The zero-order valence-corrected chi connectivity index (χ0v) is 11.7. The number of carbonyl (C=O) groups is 1. The highest BCUT2D eigenvalue weighted by Crippen LogP contribution is 2.22. The molecule has 90 valence electrons. The van der Waals surface area contributed by atoms with E-state index in [1.54, 1.807) is 11.3 Å². The van der Waals surface area contributed by atoms with Crippen molar-refractivity contribution in [3.63, 3.8) is 0 Å². The number of carbonyl (C=O) groups excluding carboxylic acids is 1. The van der Waals surface area contributed by atoms with E-state index in [2.05, 4.69) is 21.2 Å². The third-order valence-electron chi connectivity index (χ3n) is 1.96. The first-order valence-electron chi connectivity index (χ1n) is 5.30. The Morgan fingerprint density at radius 3 is 3.00 bits per heavy atom. The van der Waals surface area contributed by atoms with Crippen LogP contribution in [-0.4, -0.2) is 19.1 Å². The van der Waals surface area contributed by atoms with Gasteiger partial charge >= 0.3 is 0 Å². The van der Waals surface area contributed by atoms with Gasteiger partial charge in [0.1, 0.15) is 0 Å². The normalized spacial score (nSPS) is 10.4. The molecule has 0 bridgehead atoms. The van der Waals surface area contributed by atoms with E-state index in [9.17, 15) is 4.79 Å². The van der Waals surface area contributed by atoms with Crippen LogP contribution in [0.4, 0.5) is 0 Å². The predicted molar refractivity (Wildman–Crippen MR) is 69.6 cm³/mol. The molecule has 0 radical (unpaired) electrons. The highest BCUT2D eigenvalue weighted by molar-refractivity contribution is 9.10. The van der Waals surface area contributed by atoms with Crippen LogP contribution in [0.5, 0.6) is 0 Å². The minimum Gasteiger partial charge on any atom is -0.381 e. The lowest BCUT2D eigenvalue weighted by Gasteiger charge is -2.04. The molecule has 0 saturated carbocycles. The lowest BCUT2D eigenvalue weighted by atomic mass is 10.4. The number of hydrogen-bond acceptors (Lipinski definition) is 3. The fraction of sp³-hybridized carbons (Fsp3) is 0.545. The van der Waals surface area contributed by atoms with E-state index in [4.69, 9.17) is 4.74 Å². The largest absolute Gasteiger partial charge is 0.381 e. The maximum atomic E-state index is 11.4. The third-order valence-corrected chi connectivity index (χ3v) is 3.89. The van der Waals surface area contributed by atoms with Gasteiger partial charge in [-0.2, -0.15) is 0 Å². The molecule has 1 rings (SSSR count). The highest BCUT2D eigenvalue weighted by Gasteiger charge is 2.04. The number of amides is 1. The molecule has 16 heavy (non-hydrogen) atoms. The van der Waals surface area contributed by atoms with Crippen molar-refractivity contribution in [3.05, 3.63) is 20.8 Å². The Morgan fingerprint density at radius 2 is 2.38 bits per heavy atom. The smallest absolute Gasteiger partial charge is 0.222 e. The summed E-state index contributed by atoms with van der Waals surface area (Å²) in [5.41, 5.74) is 0. The summed E-state index contributed by atoms with van der Waals surface area (Å²) < 4.78 is 6.30. The number of ether oxygens (including phenoxy) is 1. The van der Waals surface area contributed by atoms with Crippen LogP contribution in [-0.2, 0) is 16.1 Å². The van der Waals surface area contributed by atoms with Gasteiger partial charge in [-0.25, -0.2) is 0 Å². The fourth-order valence-corrected chi connectivity index (χ4v) is 2.56. The Balaban J connectivity index is 2.13. The van der Waals surface area contributed by atoms with Crippen molar-refractivity contribution in [1.82, 2.24) is 5.32 Å². The maximum absolute atomic E-state index is 11.4. The molecule has 0 aromatic carbocycles. The summed E-state index contributed by atoms with van der Waals surface area (Å²) in [6, 6.07) is 1.98. The van der Waals surface area contributed by atoms with Gasteiger partial charge < -0.3 is 10.1 Å². The van der Waals surface area contributed by atoms with Crippen molar-refractivity contribution in [2.24, 2.45) is 0 Å². The summed E-state index contributed by atoms with van der Waals surface area (Å²) in [5, 5.41) is 4.86. The molecule has 0 fully saturated rings. The second-order valence-electron chi connectivity index (χ2n) is 3.33. The standard InChI is InChI=1S/C11H16BrNO2S/c1-2-5-15-6-3-11(14)13-8-10-9(12)4-7-16-10/h4,7H,2-3,5-6,8H2,1H3,(H,13,14). The summed E-state index contributed by atoms with van der Waals surface area (Å²) >= 11 is 5.05. The van der Waals surface area contributed by atoms with Gasteiger partial charge in [-0.1, -0.05) is 6.92 Å². The molecule has 0 atom stereocenters. The predicted octanol–water partition coefficient (Wildman–Crippen LogP) is 2.94. The summed E-state index contributed by atoms with van der Waals surface area (Å²) in [7, 11) is 0. The Morgan fingerprint density at radius 1 is 1.56 bits per heavy atom. The van der Waals surface area contributed by atoms with Crippen molar-refractivity contribution in [1.29, 1.82) is 0 Å². The lowest BCUT2D eigenvalue weighted by Crippen LogP contribution is -2.23. The van der Waals surface area contributed by atoms with Gasteiger partial charge in [0.05, 0.1) is 13.2 Å². The van der Waals surface area contributed by atoms with E-state index < -0.39 is 0 Å². The number of rotatable bonds is 7. The van der Waals surface area contributed by atoms with Crippen molar-refractivity contribution in [3.8, 4) is 0 Å². The second-order valence-corrected chi connectivity index (χ2v) is 5.19. The molecular formula is C11H16BrNO2S. The van der Waals surface area contributed by atoms with Gasteiger partial charge in [-0.3, -0.25) is 4.79 Å². The highest BCUT2D eigenvalue weighted by atomic mass is 79.9. The maximum Gasteiger partial charge on any atom is 0.222 e. The van der Waals surface area contributed by atoms with Crippen LogP contribution in [0, 0.1) is 0 Å². The molecule has 3 nitrogen and oxygen atoms in total. The zero-order chi connectivity index (χ0) is 11.8. The zero-order valence-electron chi connectivity index (χ0n) is 9.29. The summed E-state index contributed by atoms with van der Waals surface area (Å²) in [5.74, 6) is 0.0383. The number of halogens is 1. The molecule has 5 heteroatoms. The molecule has 0 aliphatic heterocycles. The Labute approximate surface area is 108 Å². The summed E-state index contributed by atoms with van der Waals surface area (Å²) in [6.07, 6.45) is 1.42. The van der Waals surface area contributed by atoms with Gasteiger partial charge in [0.25, 0.3) is 0 Å². The number of nitrogens with one attached hydrogen (secondary N) is 1. The quantitative estimate of drug-likeness (QED) is 0.787. The Kier molecular flexibility index (Phi) is 6.68. The average Bonchev–Trinajstić information content (AvgIpc) is 2.67. The number of thiophene rings is 1. The van der Waals surface area contributed by atoms with E-state index in [-0.39, 0.29) is 5.91 Å². The van der Waals surface area contributed by atoms with Gasteiger partial charge in [0.15, 0.2) is 0 Å². The molecule has 0 saturated heterocycles. The SMILES string of the molecule is CCCOCCC(=O)NCc1sccc1Br. The van der Waals surface area contributed by atoms with E-state index in [1.807, 2.05) is 18.4 Å². The Bertz CT molecular complexity index is 328. The summed E-state index contributed by atoms with van der Waals surface area (Å²) in [6.45, 7) is 3.87. The van der Waals surface area contributed by atoms with E-state index >= 15 is 0 Å². The summed E-state index contributed by atoms with van der Waals surface area (Å²) in [4.78, 5) is 12.6. The van der Waals surface area contributed by atoms with E-state index in [0.29, 0.717) is 19.6 Å². The van der Waals surface area contributed by atoms with Crippen molar-refractivity contribution in [2.75, 3.05) is 13.2 Å². The van der Waals surface area contributed by atoms with E-state index in [1.165, 1.54) is 0 Å². The van der Waals surface area contributed by atoms with Gasteiger partial charge in [0.2, 0.25) is 5.91 Å². The van der Waals surface area contributed by atoms with Crippen molar-refractivity contribution in [2.45, 2.75) is 26.3 Å². The van der Waals surface area contributed by atoms with Crippen LogP contribution in [0.3, 0.4) is 0 Å². The van der Waals surface area contributed by atoms with Crippen molar-refractivity contribution < 1.29 is 9.53 Å². The van der Waals surface area contributed by atoms with Crippen LogP contribution in [0.1, 0.15) is 24.6 Å². The first kappa shape index (κ1) is 13.7. The number of hydrogen-bond donors (Lipinski definition) is 1. The minimum atomic E-state index is 0.0383. The van der Waals surface area contributed by atoms with E-state index in [0.717, 1.165) is 22.4 Å². The molecule has 0 aliphatic carbocycles. The lowest BCUT2D eigenvalue weighted by molar-refractivity contribution is -0.122. The Hall–Kier alpha value is -0.390. The van der Waals surface area contributed by atoms with Crippen LogP contribution >= 0.6 is 27.3 Å². The molecule has 0 unspecified atom stereocenters. The molecule has 1 amide bonds. The molecule has 1 heterocycles. The monoisotopic (exact) mass is 305 g/mol. The molecular weight excluding hydrogens is 290 g/mol. The van der Waals surface area contributed by atoms with Crippen LogP contribution < -0.4 is 5.32 Å². The second kappa shape index (κ2) is 7.81. The topological polar surface area (TPSA) is 38.3 Å². The van der Waals surface area contributed by atoms with Crippen LogP contribution in [0.15, 0.2) is 15.9 Å². The molecule has 0 spiro atoms. The first-order valence-corrected chi connectivity index (χ1v) is 6.97. The average molecular weight is 306 g/mol. The molecule has 0 aliphatic rings. The molecule has 1 aromatic rings. The van der Waals surface area contributed by atoms with Gasteiger partial charge in [-0.15, -0.1) is 11.3 Å².